The molecule has 0 aromatic heterocycles. The highest BCUT2D eigenvalue weighted by molar-refractivity contribution is 5.79. The Hall–Kier alpha value is -1.10. The normalized spacial score (nSPS) is 29.3. The summed E-state index contributed by atoms with van der Waals surface area (Å²) in [7, 11) is 1.84. The first kappa shape index (κ1) is 12.4. The summed E-state index contributed by atoms with van der Waals surface area (Å²) in [4.78, 5) is 26.6. The number of aliphatic carboxylic acids is 1. The number of carboxylic acids is 1. The molecule has 0 aromatic carbocycles. The Morgan fingerprint density at radius 3 is 2.47 bits per heavy atom. The van der Waals surface area contributed by atoms with Crippen LogP contribution < -0.4 is 0 Å². The van der Waals surface area contributed by atoms with Crippen LogP contribution in [0.1, 0.15) is 19.8 Å². The third-order valence-electron chi connectivity index (χ3n) is 3.85. The Morgan fingerprint density at radius 2 is 2.00 bits per heavy atom. The van der Waals surface area contributed by atoms with Gasteiger partial charge in [-0.2, -0.15) is 0 Å². The van der Waals surface area contributed by atoms with Gasteiger partial charge in [-0.15, -0.1) is 0 Å². The van der Waals surface area contributed by atoms with Gasteiger partial charge in [-0.25, -0.2) is 0 Å². The average molecular weight is 240 g/mol. The Morgan fingerprint density at radius 1 is 1.35 bits per heavy atom. The smallest absolute Gasteiger partial charge is 0.308 e. The molecular weight excluding hydrogens is 220 g/mol. The largest absolute Gasteiger partial charge is 0.481 e. The molecule has 1 N–H and O–H groups in total. The molecule has 5 nitrogen and oxygen atoms in total. The fraction of sp³-hybridized carbons (Fsp3) is 0.833. The summed E-state index contributed by atoms with van der Waals surface area (Å²) >= 11 is 0. The highest BCUT2D eigenvalue weighted by atomic mass is 16.4. The highest BCUT2D eigenvalue weighted by Crippen LogP contribution is 2.26. The van der Waals surface area contributed by atoms with Crippen molar-refractivity contribution in [3.63, 3.8) is 0 Å². The fourth-order valence-electron chi connectivity index (χ4n) is 2.49. The van der Waals surface area contributed by atoms with E-state index in [2.05, 4.69) is 0 Å². The lowest BCUT2D eigenvalue weighted by molar-refractivity contribution is -0.142. The Kier molecular flexibility index (Phi) is 3.38. The van der Waals surface area contributed by atoms with Gasteiger partial charge in [0.1, 0.15) is 0 Å². The number of carbonyl (C=O) groups is 2. The number of hydrogen-bond donors (Lipinski definition) is 1. The second-order valence-electron chi connectivity index (χ2n) is 5.35. The first-order chi connectivity index (χ1) is 7.99. The Bertz CT molecular complexity index is 328. The van der Waals surface area contributed by atoms with E-state index in [9.17, 15) is 9.59 Å². The van der Waals surface area contributed by atoms with E-state index in [1.54, 1.807) is 4.90 Å². The zero-order valence-electron chi connectivity index (χ0n) is 10.4. The van der Waals surface area contributed by atoms with E-state index in [0.717, 1.165) is 12.8 Å². The van der Waals surface area contributed by atoms with Crippen molar-refractivity contribution in [1.82, 2.24) is 9.80 Å². The minimum Gasteiger partial charge on any atom is -0.481 e. The number of carbonyl (C=O) groups excluding carboxylic acids is 1. The average Bonchev–Trinajstić information content (AvgIpc) is 3.02. The molecule has 1 aliphatic carbocycles. The molecule has 2 fully saturated rings. The van der Waals surface area contributed by atoms with E-state index in [0.29, 0.717) is 25.7 Å². The molecule has 2 rings (SSSR count). The van der Waals surface area contributed by atoms with Crippen LogP contribution >= 0.6 is 0 Å². The van der Waals surface area contributed by atoms with Crippen molar-refractivity contribution in [3.8, 4) is 0 Å². The minimum atomic E-state index is -0.747. The summed E-state index contributed by atoms with van der Waals surface area (Å²) in [5.74, 6) is -0.825. The van der Waals surface area contributed by atoms with Gasteiger partial charge in [0.25, 0.3) is 0 Å². The lowest BCUT2D eigenvalue weighted by Crippen LogP contribution is -2.38. The summed E-state index contributed by atoms with van der Waals surface area (Å²) < 4.78 is 0. The van der Waals surface area contributed by atoms with Crippen LogP contribution in [-0.4, -0.2) is 59.5 Å². The van der Waals surface area contributed by atoms with Gasteiger partial charge in [-0.1, -0.05) is 6.92 Å². The van der Waals surface area contributed by atoms with Gasteiger partial charge in [0.05, 0.1) is 12.5 Å². The summed E-state index contributed by atoms with van der Waals surface area (Å²) in [6, 6.07) is 0.429. The quantitative estimate of drug-likeness (QED) is 0.765. The van der Waals surface area contributed by atoms with Crippen molar-refractivity contribution in [2.24, 2.45) is 11.8 Å². The van der Waals surface area contributed by atoms with Gasteiger partial charge in [-0.3, -0.25) is 14.5 Å². The van der Waals surface area contributed by atoms with E-state index < -0.39 is 5.97 Å². The molecule has 5 heteroatoms. The number of amides is 1. The van der Waals surface area contributed by atoms with Crippen molar-refractivity contribution in [3.05, 3.63) is 0 Å². The van der Waals surface area contributed by atoms with Gasteiger partial charge < -0.3 is 10.0 Å². The zero-order chi connectivity index (χ0) is 12.6. The van der Waals surface area contributed by atoms with E-state index in [1.807, 2.05) is 18.9 Å². The molecule has 2 atom stereocenters. The van der Waals surface area contributed by atoms with Gasteiger partial charge >= 0.3 is 5.97 Å². The van der Waals surface area contributed by atoms with Crippen molar-refractivity contribution in [1.29, 1.82) is 0 Å². The molecule has 0 spiro atoms. The second kappa shape index (κ2) is 4.64. The molecule has 96 valence electrons. The first-order valence-corrected chi connectivity index (χ1v) is 6.20. The standard InChI is InChI=1S/C12H20N2O3/c1-8-5-14(6-10(8)12(16)17)7-11(15)13(2)9-3-4-9/h8-10H,3-7H2,1-2H3,(H,16,17). The number of likely N-dealkylation sites (N-methyl/N-ethyl adjacent to an activating group) is 1. The van der Waals surface area contributed by atoms with Crippen LogP contribution in [0.2, 0.25) is 0 Å². The number of likely N-dealkylation sites (tertiary alicyclic amines) is 1. The van der Waals surface area contributed by atoms with Crippen molar-refractivity contribution in [2.75, 3.05) is 26.7 Å². The van der Waals surface area contributed by atoms with Crippen LogP contribution in [-0.2, 0) is 9.59 Å². The third-order valence-corrected chi connectivity index (χ3v) is 3.85. The molecule has 0 bridgehead atoms. The van der Waals surface area contributed by atoms with Gasteiger partial charge in [0.15, 0.2) is 0 Å². The van der Waals surface area contributed by atoms with Gasteiger partial charge in [0, 0.05) is 26.2 Å². The molecule has 1 saturated carbocycles. The van der Waals surface area contributed by atoms with Gasteiger partial charge in [0.2, 0.25) is 5.91 Å². The summed E-state index contributed by atoms with van der Waals surface area (Å²) in [6.07, 6.45) is 2.22. The van der Waals surface area contributed by atoms with Crippen molar-refractivity contribution < 1.29 is 14.7 Å². The number of hydrogen-bond acceptors (Lipinski definition) is 3. The number of nitrogens with zero attached hydrogens (tertiary/aromatic N) is 2. The molecule has 0 aromatic rings. The lowest BCUT2D eigenvalue weighted by atomic mass is 9.99. The molecule has 2 unspecified atom stereocenters. The van der Waals surface area contributed by atoms with Crippen LogP contribution in [0.4, 0.5) is 0 Å². The van der Waals surface area contributed by atoms with Crippen molar-refractivity contribution >= 4 is 11.9 Å². The first-order valence-electron chi connectivity index (χ1n) is 6.20. The van der Waals surface area contributed by atoms with Crippen LogP contribution in [0.5, 0.6) is 0 Å². The van der Waals surface area contributed by atoms with Crippen LogP contribution in [0, 0.1) is 11.8 Å². The van der Waals surface area contributed by atoms with E-state index in [-0.39, 0.29) is 17.7 Å². The summed E-state index contributed by atoms with van der Waals surface area (Å²) in [6.45, 7) is 3.51. The highest BCUT2D eigenvalue weighted by Gasteiger charge is 2.37. The molecular formula is C12H20N2O3. The minimum absolute atomic E-state index is 0.116. The molecule has 1 heterocycles. The summed E-state index contributed by atoms with van der Waals surface area (Å²) in [5, 5.41) is 9.02. The third kappa shape index (κ3) is 2.77. The molecule has 17 heavy (non-hydrogen) atoms. The van der Waals surface area contributed by atoms with E-state index >= 15 is 0 Å². The predicted molar refractivity (Wildman–Crippen MR) is 62.5 cm³/mol. The second-order valence-corrected chi connectivity index (χ2v) is 5.35. The lowest BCUT2D eigenvalue weighted by Gasteiger charge is -2.21. The van der Waals surface area contributed by atoms with Crippen LogP contribution in [0.25, 0.3) is 0 Å². The maximum atomic E-state index is 11.9. The molecule has 1 aliphatic heterocycles. The molecule has 1 saturated heterocycles. The monoisotopic (exact) mass is 240 g/mol. The van der Waals surface area contributed by atoms with Crippen molar-refractivity contribution in [2.45, 2.75) is 25.8 Å². The molecule has 0 radical (unpaired) electrons. The predicted octanol–water partition coefficient (Wildman–Crippen LogP) is 0.260. The fourth-order valence-corrected chi connectivity index (χ4v) is 2.49. The van der Waals surface area contributed by atoms with Crippen LogP contribution in [0.3, 0.4) is 0 Å². The molecule has 2 aliphatic rings. The number of rotatable bonds is 4. The van der Waals surface area contributed by atoms with E-state index in [4.69, 9.17) is 5.11 Å². The maximum Gasteiger partial charge on any atom is 0.308 e. The SMILES string of the molecule is CC1CN(CC(=O)N(C)C2CC2)CC1C(=O)O. The van der Waals surface area contributed by atoms with E-state index in [1.165, 1.54) is 0 Å². The maximum absolute atomic E-state index is 11.9. The topological polar surface area (TPSA) is 60.9 Å². The molecule has 1 amide bonds. The van der Waals surface area contributed by atoms with Gasteiger partial charge in [-0.05, 0) is 18.8 Å². The zero-order valence-corrected chi connectivity index (χ0v) is 10.4. The summed E-state index contributed by atoms with van der Waals surface area (Å²) in [5.41, 5.74) is 0. The Balaban J connectivity index is 1.84. The number of carboxylic acid groups (broad SMARTS) is 1. The van der Waals surface area contributed by atoms with Crippen LogP contribution in [0.15, 0.2) is 0 Å². The Labute approximate surface area is 101 Å².